The minimum Gasteiger partial charge on any atom is -0.493 e. The second kappa shape index (κ2) is 8.26. The number of hydrogen-bond acceptors (Lipinski definition) is 7. The zero-order valence-electron chi connectivity index (χ0n) is 18.0. The van der Waals surface area contributed by atoms with E-state index in [4.69, 9.17) is 18.6 Å². The maximum atomic E-state index is 13.4. The van der Waals surface area contributed by atoms with E-state index >= 15 is 0 Å². The average molecular weight is 415 g/mol. The highest BCUT2D eigenvalue weighted by Gasteiger charge is 2.51. The van der Waals surface area contributed by atoms with Crippen LogP contribution in [0.2, 0.25) is 0 Å². The van der Waals surface area contributed by atoms with E-state index in [2.05, 4.69) is 10.2 Å². The van der Waals surface area contributed by atoms with E-state index in [0.29, 0.717) is 55.1 Å². The number of benzene rings is 1. The predicted molar refractivity (Wildman–Crippen MR) is 109 cm³/mol. The highest BCUT2D eigenvalue weighted by molar-refractivity contribution is 5.95. The first-order valence-electron chi connectivity index (χ1n) is 10.4. The van der Waals surface area contributed by atoms with Gasteiger partial charge in [0.15, 0.2) is 11.5 Å². The Labute approximate surface area is 176 Å². The van der Waals surface area contributed by atoms with Crippen molar-refractivity contribution in [1.29, 1.82) is 0 Å². The summed E-state index contributed by atoms with van der Waals surface area (Å²) in [5.41, 5.74) is 0.467. The molecule has 2 saturated heterocycles. The van der Waals surface area contributed by atoms with Crippen molar-refractivity contribution in [1.82, 2.24) is 15.1 Å². The Morgan fingerprint density at radius 2 is 1.90 bits per heavy atom. The highest BCUT2D eigenvalue weighted by Crippen LogP contribution is 2.49. The Kier molecular flexibility index (Phi) is 5.69. The van der Waals surface area contributed by atoms with Crippen molar-refractivity contribution in [2.75, 3.05) is 40.5 Å². The molecule has 1 aromatic carbocycles. The zero-order valence-corrected chi connectivity index (χ0v) is 18.0. The second-order valence-electron chi connectivity index (χ2n) is 8.42. The number of ether oxygens (including phenoxy) is 3. The molecule has 0 saturated carbocycles. The van der Waals surface area contributed by atoms with Gasteiger partial charge in [-0.05, 0) is 31.0 Å². The predicted octanol–water partition coefficient (Wildman–Crippen LogP) is 3.25. The molecule has 2 aromatic rings. The van der Waals surface area contributed by atoms with E-state index in [9.17, 15) is 4.79 Å². The molecule has 0 bridgehead atoms. The molecule has 2 aliphatic rings. The van der Waals surface area contributed by atoms with Crippen molar-refractivity contribution < 1.29 is 23.4 Å². The molecule has 0 aliphatic carbocycles. The maximum Gasteiger partial charge on any atom is 0.254 e. The number of hydrogen-bond donors (Lipinski definition) is 0. The summed E-state index contributed by atoms with van der Waals surface area (Å²) in [5, 5.41) is 8.58. The van der Waals surface area contributed by atoms with Crippen molar-refractivity contribution in [3.63, 3.8) is 0 Å². The minimum absolute atomic E-state index is 0.00509. The first-order valence-corrected chi connectivity index (χ1v) is 10.4. The molecule has 30 heavy (non-hydrogen) atoms. The summed E-state index contributed by atoms with van der Waals surface area (Å²) in [4.78, 5) is 15.3. The van der Waals surface area contributed by atoms with Crippen LogP contribution < -0.4 is 9.47 Å². The molecule has 4 rings (SSSR count). The molecule has 162 valence electrons. The van der Waals surface area contributed by atoms with Gasteiger partial charge in [-0.1, -0.05) is 13.8 Å². The summed E-state index contributed by atoms with van der Waals surface area (Å²) in [5.74, 6) is 2.54. The molecule has 2 fully saturated rings. The Hall–Kier alpha value is -2.61. The number of nitrogens with zero attached hydrogens (tertiary/aromatic N) is 3. The largest absolute Gasteiger partial charge is 0.493 e. The molecule has 0 N–H and O–H groups in total. The first kappa shape index (κ1) is 20.7. The fraction of sp³-hybridized carbons (Fsp3) is 0.591. The summed E-state index contributed by atoms with van der Waals surface area (Å²) in [7, 11) is 3.14. The number of likely N-dealkylation sites (tertiary alicyclic amines) is 1. The monoisotopic (exact) mass is 415 g/mol. The number of methoxy groups -OCH3 is 2. The maximum absolute atomic E-state index is 13.4. The molecule has 1 spiro atoms. The van der Waals surface area contributed by atoms with Crippen molar-refractivity contribution in [2.24, 2.45) is 5.41 Å². The van der Waals surface area contributed by atoms with Crippen LogP contribution in [0.4, 0.5) is 0 Å². The number of carbonyl (C=O) groups is 1. The molecule has 1 unspecified atom stereocenters. The van der Waals surface area contributed by atoms with Gasteiger partial charge < -0.3 is 23.5 Å². The molecule has 8 heteroatoms. The van der Waals surface area contributed by atoms with E-state index in [1.54, 1.807) is 32.4 Å². The summed E-state index contributed by atoms with van der Waals surface area (Å²) in [6, 6.07) is 5.27. The van der Waals surface area contributed by atoms with Gasteiger partial charge in [0.1, 0.15) is 0 Å². The van der Waals surface area contributed by atoms with Crippen LogP contribution in [-0.2, 0) is 4.74 Å². The summed E-state index contributed by atoms with van der Waals surface area (Å²) >= 11 is 0. The molecule has 1 aromatic heterocycles. The van der Waals surface area contributed by atoms with Crippen LogP contribution in [0.15, 0.2) is 22.6 Å². The molecular formula is C22H29N3O5. The fourth-order valence-electron chi connectivity index (χ4n) is 4.52. The zero-order chi connectivity index (χ0) is 21.3. The van der Waals surface area contributed by atoms with Gasteiger partial charge in [0.05, 0.1) is 20.1 Å². The van der Waals surface area contributed by atoms with Gasteiger partial charge in [-0.3, -0.25) is 4.79 Å². The quantitative estimate of drug-likeness (QED) is 0.741. The third-order valence-corrected chi connectivity index (χ3v) is 6.30. The van der Waals surface area contributed by atoms with Crippen LogP contribution in [0.3, 0.4) is 0 Å². The normalized spacial score (nSPS) is 20.7. The molecule has 8 nitrogen and oxygen atoms in total. The second-order valence-corrected chi connectivity index (χ2v) is 8.42. The van der Waals surface area contributed by atoms with Crippen molar-refractivity contribution in [3.05, 3.63) is 35.5 Å². The van der Waals surface area contributed by atoms with Crippen LogP contribution in [0.5, 0.6) is 11.5 Å². The van der Waals surface area contributed by atoms with E-state index in [-0.39, 0.29) is 23.2 Å². The number of aromatic nitrogens is 2. The topological polar surface area (TPSA) is 86.9 Å². The summed E-state index contributed by atoms with van der Waals surface area (Å²) < 4.78 is 22.3. The summed E-state index contributed by atoms with van der Waals surface area (Å²) in [6.45, 7) is 6.62. The van der Waals surface area contributed by atoms with E-state index in [0.717, 1.165) is 12.8 Å². The van der Waals surface area contributed by atoms with Crippen molar-refractivity contribution >= 4 is 5.91 Å². The standard InChI is InChI=1S/C22H29N3O5/c1-14(2)19-23-24-20(30-19)16-12-25(13-22(16)7-9-29-10-8-22)21(26)15-5-6-17(27-3)18(11-15)28-4/h5-6,11,14,16H,7-10,12-13H2,1-4H3. The van der Waals surface area contributed by atoms with Crippen molar-refractivity contribution in [3.8, 4) is 11.5 Å². The van der Waals surface area contributed by atoms with Gasteiger partial charge in [0.2, 0.25) is 11.8 Å². The average Bonchev–Trinajstić information content (AvgIpc) is 3.38. The Morgan fingerprint density at radius 3 is 2.53 bits per heavy atom. The lowest BCUT2D eigenvalue weighted by Gasteiger charge is -2.36. The third-order valence-electron chi connectivity index (χ3n) is 6.30. The smallest absolute Gasteiger partial charge is 0.254 e. The lowest BCUT2D eigenvalue weighted by molar-refractivity contribution is 0.00888. The molecular weight excluding hydrogens is 386 g/mol. The van der Waals surface area contributed by atoms with Gasteiger partial charge in [-0.2, -0.15) is 0 Å². The lowest BCUT2D eigenvalue weighted by Crippen LogP contribution is -2.37. The van der Waals surface area contributed by atoms with Crippen LogP contribution in [-0.4, -0.2) is 61.5 Å². The van der Waals surface area contributed by atoms with E-state index in [1.807, 2.05) is 18.7 Å². The van der Waals surface area contributed by atoms with Crippen LogP contribution in [0.1, 0.15) is 60.7 Å². The third kappa shape index (κ3) is 3.64. The molecule has 0 radical (unpaired) electrons. The van der Waals surface area contributed by atoms with Crippen molar-refractivity contribution in [2.45, 2.75) is 38.5 Å². The van der Waals surface area contributed by atoms with Crippen LogP contribution in [0.25, 0.3) is 0 Å². The lowest BCUT2D eigenvalue weighted by atomic mass is 9.72. The SMILES string of the molecule is COc1ccc(C(=O)N2CC(c3nnc(C(C)C)o3)C3(CCOCC3)C2)cc1OC. The summed E-state index contributed by atoms with van der Waals surface area (Å²) in [6.07, 6.45) is 1.74. The molecule has 2 aliphatic heterocycles. The number of amides is 1. The van der Waals surface area contributed by atoms with Gasteiger partial charge in [0, 0.05) is 43.2 Å². The van der Waals surface area contributed by atoms with Crippen LogP contribution >= 0.6 is 0 Å². The van der Waals surface area contributed by atoms with Gasteiger partial charge in [-0.25, -0.2) is 0 Å². The Bertz CT molecular complexity index is 904. The molecule has 3 heterocycles. The minimum atomic E-state index is -0.106. The number of rotatable bonds is 5. The Morgan fingerprint density at radius 1 is 1.17 bits per heavy atom. The van der Waals surface area contributed by atoms with Crippen LogP contribution in [0, 0.1) is 5.41 Å². The van der Waals surface area contributed by atoms with E-state index < -0.39 is 0 Å². The highest BCUT2D eigenvalue weighted by atomic mass is 16.5. The van der Waals surface area contributed by atoms with Gasteiger partial charge in [0.25, 0.3) is 5.91 Å². The number of carbonyl (C=O) groups excluding carboxylic acids is 1. The molecule has 1 atom stereocenters. The molecule has 1 amide bonds. The van der Waals surface area contributed by atoms with Gasteiger partial charge in [-0.15, -0.1) is 10.2 Å². The first-order chi connectivity index (χ1) is 14.5. The van der Waals surface area contributed by atoms with Gasteiger partial charge >= 0.3 is 0 Å². The van der Waals surface area contributed by atoms with E-state index in [1.165, 1.54) is 0 Å². The fourth-order valence-corrected chi connectivity index (χ4v) is 4.52. The Balaban J connectivity index is 1.63.